The third-order valence-corrected chi connectivity index (χ3v) is 4.35. The minimum Gasteiger partial charge on any atom is -0.846 e. The molecular weight excluding hydrogens is 445 g/mol. The Morgan fingerprint density at radius 1 is 1.18 bits per heavy atom. The van der Waals surface area contributed by atoms with Crippen LogP contribution >= 0.6 is 0 Å². The molecule has 0 spiro atoms. The fourth-order valence-electron chi connectivity index (χ4n) is 2.92. The molecule has 0 fully saturated rings. The zero-order valence-corrected chi connectivity index (χ0v) is 17.2. The van der Waals surface area contributed by atoms with E-state index in [1.54, 1.807) is 12.3 Å². The van der Waals surface area contributed by atoms with E-state index in [1.807, 2.05) is 25.2 Å². The molecule has 4 rings (SSSR count). The molecule has 4 aromatic rings. The minimum atomic E-state index is -4.67. The maximum absolute atomic E-state index is 12.7. The van der Waals surface area contributed by atoms with E-state index in [4.69, 9.17) is 9.05 Å². The normalized spacial score (nSPS) is 12.2. The summed E-state index contributed by atoms with van der Waals surface area (Å²) in [4.78, 5) is 14.7. The van der Waals surface area contributed by atoms with Crippen molar-refractivity contribution in [3.05, 3.63) is 59.6 Å². The second-order valence-corrected chi connectivity index (χ2v) is 6.78. The van der Waals surface area contributed by atoms with Gasteiger partial charge in [0.15, 0.2) is 0 Å². The molecule has 170 valence electrons. The highest BCUT2D eigenvalue weighted by Crippen LogP contribution is 2.28. The van der Waals surface area contributed by atoms with Crippen molar-refractivity contribution in [1.29, 1.82) is 0 Å². The molecular formula is C19H15F3N8O3. The predicted molar refractivity (Wildman–Crippen MR) is 103 cm³/mol. The van der Waals surface area contributed by atoms with Crippen LogP contribution in [0.1, 0.15) is 22.8 Å². The van der Waals surface area contributed by atoms with E-state index >= 15 is 0 Å². The van der Waals surface area contributed by atoms with Crippen LogP contribution in [0.15, 0.2) is 50.8 Å². The first-order valence-corrected chi connectivity index (χ1v) is 9.36. The van der Waals surface area contributed by atoms with Crippen molar-refractivity contribution in [1.82, 2.24) is 25.4 Å². The Balaban J connectivity index is 1.42. The third kappa shape index (κ3) is 5.11. The van der Waals surface area contributed by atoms with Crippen LogP contribution in [-0.4, -0.2) is 31.4 Å². The number of aryl methyl sites for hydroxylation is 2. The van der Waals surface area contributed by atoms with Gasteiger partial charge in [0.25, 0.3) is 6.20 Å². The molecule has 0 amide bonds. The number of amidine groups is 1. The number of rotatable bonds is 5. The van der Waals surface area contributed by atoms with Crippen molar-refractivity contribution in [3.8, 4) is 11.1 Å². The molecule has 0 saturated carbocycles. The first-order chi connectivity index (χ1) is 15.7. The Kier molecular flexibility index (Phi) is 5.72. The van der Waals surface area contributed by atoms with Gasteiger partial charge in [-0.15, -0.1) is 0 Å². The summed E-state index contributed by atoms with van der Waals surface area (Å²) in [6, 6.07) is 3.31. The van der Waals surface area contributed by atoms with Gasteiger partial charge in [0, 0.05) is 23.5 Å². The number of halogens is 3. The summed E-state index contributed by atoms with van der Waals surface area (Å²) < 4.78 is 49.6. The number of hydrogen-bond donors (Lipinski definition) is 1. The van der Waals surface area contributed by atoms with Gasteiger partial charge in [-0.1, -0.05) is 11.2 Å². The van der Waals surface area contributed by atoms with Gasteiger partial charge < -0.3 is 14.9 Å². The maximum Gasteiger partial charge on any atom is 0.433 e. The molecule has 0 aliphatic carbocycles. The van der Waals surface area contributed by atoms with Crippen molar-refractivity contribution in [2.75, 3.05) is 5.32 Å². The van der Waals surface area contributed by atoms with Gasteiger partial charge in [-0.05, 0) is 30.7 Å². The quantitative estimate of drug-likeness (QED) is 0.269. The average Bonchev–Trinajstić information content (AvgIpc) is 3.33. The molecule has 0 aliphatic rings. The zero-order valence-electron chi connectivity index (χ0n) is 17.2. The molecule has 0 bridgehead atoms. The molecule has 4 heterocycles. The lowest BCUT2D eigenvalue weighted by Crippen LogP contribution is -2.35. The second-order valence-electron chi connectivity index (χ2n) is 6.78. The van der Waals surface area contributed by atoms with E-state index in [0.29, 0.717) is 17.5 Å². The van der Waals surface area contributed by atoms with Crippen molar-refractivity contribution in [3.63, 3.8) is 0 Å². The van der Waals surface area contributed by atoms with Gasteiger partial charge in [-0.25, -0.2) is 15.0 Å². The fraction of sp³-hybridized carbons (Fsp3) is 0.211. The van der Waals surface area contributed by atoms with Gasteiger partial charge in [-0.2, -0.15) is 13.2 Å². The Hall–Kier alpha value is -4.36. The van der Waals surface area contributed by atoms with E-state index in [1.165, 1.54) is 10.9 Å². The van der Waals surface area contributed by atoms with Crippen LogP contribution in [0.25, 0.3) is 11.1 Å². The largest absolute Gasteiger partial charge is 0.846 e. The monoisotopic (exact) mass is 460 g/mol. The van der Waals surface area contributed by atoms with E-state index in [-0.39, 0.29) is 12.4 Å². The minimum absolute atomic E-state index is 0.174. The maximum atomic E-state index is 12.7. The molecule has 33 heavy (non-hydrogen) atoms. The number of aromatic nitrogens is 6. The number of hydrogen-bond acceptors (Lipinski definition) is 9. The first kappa shape index (κ1) is 21.9. The first-order valence-electron chi connectivity index (χ1n) is 9.36. The van der Waals surface area contributed by atoms with E-state index < -0.39 is 23.8 Å². The third-order valence-electron chi connectivity index (χ3n) is 4.35. The molecule has 4 aromatic heterocycles. The number of nitrogens with one attached hydrogen (secondary N) is 1. The van der Waals surface area contributed by atoms with Crippen LogP contribution < -0.4 is 15.1 Å². The van der Waals surface area contributed by atoms with E-state index in [9.17, 15) is 18.3 Å². The smallest absolute Gasteiger partial charge is 0.433 e. The van der Waals surface area contributed by atoms with Gasteiger partial charge in [0.2, 0.25) is 17.8 Å². The van der Waals surface area contributed by atoms with Crippen LogP contribution in [-0.2, 0) is 12.7 Å². The van der Waals surface area contributed by atoms with Gasteiger partial charge in [0.05, 0.1) is 11.7 Å². The summed E-state index contributed by atoms with van der Waals surface area (Å²) in [5.74, 6) is -0.0339. The highest BCUT2D eigenvalue weighted by Gasteiger charge is 2.32. The molecule has 0 aromatic carbocycles. The van der Waals surface area contributed by atoms with E-state index in [2.05, 4.69) is 30.4 Å². The van der Waals surface area contributed by atoms with Crippen molar-refractivity contribution < 1.29 is 32.0 Å². The molecule has 0 atom stereocenters. The summed E-state index contributed by atoms with van der Waals surface area (Å²) in [5.41, 5.74) is 1.94. The Morgan fingerprint density at radius 2 is 2.00 bits per heavy atom. The Bertz CT molecular complexity index is 1280. The molecule has 0 saturated heterocycles. The lowest BCUT2D eigenvalue weighted by atomic mass is 10.1. The predicted octanol–water partition coefficient (Wildman–Crippen LogP) is 1.95. The molecule has 0 radical (unpaired) electrons. The average molecular weight is 460 g/mol. The summed E-state index contributed by atoms with van der Waals surface area (Å²) in [7, 11) is 0. The van der Waals surface area contributed by atoms with Crippen LogP contribution in [0.2, 0.25) is 0 Å². The summed E-state index contributed by atoms with van der Waals surface area (Å²) >= 11 is 0. The van der Waals surface area contributed by atoms with Crippen molar-refractivity contribution >= 4 is 17.9 Å². The lowest BCUT2D eigenvalue weighted by molar-refractivity contribution is -0.755. The van der Waals surface area contributed by atoms with Crippen LogP contribution in [0, 0.1) is 13.8 Å². The standard InChI is InChI=1S/C19H15F3N8O3/c1-10-16(11(2)32-28-10)12-3-4-13(24-7-12)8-30-9-15(33-29-30)26-18(31)27-17-23-6-5-14(25-17)19(20,21)22/h3-7,9H,8H2,1-2H3,(H-,23,25,26,27,29,31). The van der Waals surface area contributed by atoms with Crippen LogP contribution in [0.5, 0.6) is 0 Å². The summed E-state index contributed by atoms with van der Waals surface area (Å²) in [6.45, 7) is 3.87. The molecule has 14 heteroatoms. The second kappa shape index (κ2) is 8.64. The fourth-order valence-corrected chi connectivity index (χ4v) is 2.92. The van der Waals surface area contributed by atoms with Crippen LogP contribution in [0.4, 0.5) is 25.0 Å². The topological polar surface area (TPSA) is 142 Å². The molecule has 11 nitrogen and oxygen atoms in total. The van der Waals surface area contributed by atoms with Gasteiger partial charge in [0.1, 0.15) is 17.1 Å². The summed E-state index contributed by atoms with van der Waals surface area (Å²) in [5, 5.41) is 21.7. The molecule has 0 unspecified atom stereocenters. The number of nitrogens with zero attached hydrogens (tertiary/aromatic N) is 7. The lowest BCUT2D eigenvalue weighted by Gasteiger charge is -2.12. The Labute approximate surface area is 183 Å². The van der Waals surface area contributed by atoms with Crippen LogP contribution in [0.3, 0.4) is 0 Å². The van der Waals surface area contributed by atoms with E-state index in [0.717, 1.165) is 23.0 Å². The highest BCUT2D eigenvalue weighted by molar-refractivity contribution is 5.84. The number of aliphatic imine (C=N–C) groups is 1. The molecule has 1 N–H and O–H groups in total. The molecule has 0 aliphatic heterocycles. The van der Waals surface area contributed by atoms with Crippen molar-refractivity contribution in [2.45, 2.75) is 26.6 Å². The SMILES string of the molecule is Cc1noc(C)c1-c1ccc(C[n+]2cc(/N=C(\[O-])Nc3nccc(C(F)(F)F)n3)on2)nc1. The Morgan fingerprint density at radius 3 is 2.67 bits per heavy atom. The summed E-state index contributed by atoms with van der Waals surface area (Å²) in [6.07, 6.45) is -0.792. The van der Waals surface area contributed by atoms with Crippen molar-refractivity contribution in [2.24, 2.45) is 4.99 Å². The number of pyridine rings is 1. The number of alkyl halides is 3. The zero-order chi connectivity index (χ0) is 23.6. The van der Waals surface area contributed by atoms with Gasteiger partial charge >= 0.3 is 12.1 Å². The highest BCUT2D eigenvalue weighted by atomic mass is 19.4. The van der Waals surface area contributed by atoms with Gasteiger partial charge in [-0.3, -0.25) is 9.51 Å². The number of anilines is 1.